The number of rotatable bonds is 1. The van der Waals surface area contributed by atoms with E-state index in [1.807, 2.05) is 60.7 Å². The first kappa shape index (κ1) is 13.9. The Balaban J connectivity index is 1.68. The van der Waals surface area contributed by atoms with Gasteiger partial charge in [-0.2, -0.15) is 0 Å². The van der Waals surface area contributed by atoms with Gasteiger partial charge in [0.25, 0.3) is 5.91 Å². The fourth-order valence-corrected chi connectivity index (χ4v) is 3.40. The fraction of sp³-hybridized carbons (Fsp3) is 0. The first-order valence-corrected chi connectivity index (χ1v) is 8.08. The van der Waals surface area contributed by atoms with Crippen molar-refractivity contribution in [2.24, 2.45) is 10.2 Å². The summed E-state index contributed by atoms with van der Waals surface area (Å²) in [6.07, 6.45) is 0. The van der Waals surface area contributed by atoms with Crippen LogP contribution in [0.5, 0.6) is 0 Å². The molecule has 0 bridgehead atoms. The maximum Gasteiger partial charge on any atom is 0.276 e. The average Bonchev–Trinajstić information content (AvgIpc) is 3.14. The van der Waals surface area contributed by atoms with E-state index in [1.54, 1.807) is 0 Å². The van der Waals surface area contributed by atoms with E-state index >= 15 is 0 Å². The van der Waals surface area contributed by atoms with Crippen LogP contribution in [0.25, 0.3) is 11.1 Å². The van der Waals surface area contributed by atoms with E-state index in [-0.39, 0.29) is 5.91 Å². The summed E-state index contributed by atoms with van der Waals surface area (Å²) in [4.78, 5) is 12.2. The molecule has 1 amide bonds. The number of nitrogens with zero attached hydrogens (tertiary/aromatic N) is 2. The molecule has 1 heterocycles. The van der Waals surface area contributed by atoms with E-state index in [0.717, 1.165) is 39.2 Å². The van der Waals surface area contributed by atoms with Crippen LogP contribution in [-0.4, -0.2) is 17.3 Å². The summed E-state index contributed by atoms with van der Waals surface area (Å²) in [5.41, 5.74) is 7.09. The molecule has 2 aliphatic rings. The van der Waals surface area contributed by atoms with E-state index < -0.39 is 0 Å². The van der Waals surface area contributed by atoms with E-state index in [4.69, 9.17) is 0 Å². The first-order valence-electron chi connectivity index (χ1n) is 8.08. The molecule has 3 aromatic carbocycles. The van der Waals surface area contributed by atoms with Crippen molar-refractivity contribution in [3.8, 4) is 11.1 Å². The van der Waals surface area contributed by atoms with Crippen molar-refractivity contribution in [3.63, 3.8) is 0 Å². The van der Waals surface area contributed by atoms with Crippen LogP contribution in [0.2, 0.25) is 0 Å². The van der Waals surface area contributed by atoms with Crippen LogP contribution in [-0.2, 0) is 4.79 Å². The first-order chi connectivity index (χ1) is 12.3. The van der Waals surface area contributed by atoms with Gasteiger partial charge in [0, 0.05) is 16.7 Å². The highest BCUT2D eigenvalue weighted by Gasteiger charge is 2.27. The highest BCUT2D eigenvalue weighted by atomic mass is 16.2. The summed E-state index contributed by atoms with van der Waals surface area (Å²) in [5, 5.41) is 11.6. The molecule has 0 spiro atoms. The van der Waals surface area contributed by atoms with Gasteiger partial charge in [-0.1, -0.05) is 66.7 Å². The zero-order chi connectivity index (χ0) is 16.8. The summed E-state index contributed by atoms with van der Waals surface area (Å²) in [5.74, 6) is -0.217. The quantitative estimate of drug-likeness (QED) is 0.531. The van der Waals surface area contributed by atoms with Gasteiger partial charge in [-0.15, -0.1) is 10.2 Å². The third-order valence-corrected chi connectivity index (χ3v) is 4.55. The Morgan fingerprint density at radius 1 is 0.560 bits per heavy atom. The minimum absolute atomic E-state index is 0.217. The van der Waals surface area contributed by atoms with Crippen LogP contribution < -0.4 is 5.32 Å². The van der Waals surface area contributed by atoms with Gasteiger partial charge in [0.2, 0.25) is 0 Å². The molecule has 1 N–H and O–H groups in total. The maximum absolute atomic E-state index is 12.2. The number of carbonyl (C=O) groups is 1. The molecule has 4 nitrogen and oxygen atoms in total. The molecule has 5 rings (SSSR count). The maximum atomic E-state index is 12.2. The van der Waals surface area contributed by atoms with Gasteiger partial charge in [-0.05, 0) is 17.2 Å². The standard InChI is InChI=1S/C21H13N3O/c25-21-20(17-11-5-6-12-18(17)22-21)24-23-19-15-9-3-1-7-13(15)14-8-2-4-10-16(14)19/h1-12H,(H,22,24,25). The molecule has 118 valence electrons. The Kier molecular flexibility index (Phi) is 2.91. The Morgan fingerprint density at radius 2 is 1.04 bits per heavy atom. The summed E-state index contributed by atoms with van der Waals surface area (Å²) >= 11 is 0. The number of hydrogen-bond donors (Lipinski definition) is 1. The lowest BCUT2D eigenvalue weighted by molar-refractivity contribution is -0.110. The molecule has 0 atom stereocenters. The van der Waals surface area contributed by atoms with Crippen molar-refractivity contribution in [1.82, 2.24) is 0 Å². The molecule has 25 heavy (non-hydrogen) atoms. The Bertz CT molecular complexity index is 1050. The summed E-state index contributed by atoms with van der Waals surface area (Å²) in [7, 11) is 0. The zero-order valence-corrected chi connectivity index (χ0v) is 13.2. The van der Waals surface area contributed by atoms with E-state index in [0.29, 0.717) is 5.71 Å². The van der Waals surface area contributed by atoms with Gasteiger partial charge in [0.05, 0.1) is 5.69 Å². The largest absolute Gasteiger partial charge is 0.320 e. The van der Waals surface area contributed by atoms with E-state index in [1.165, 1.54) is 0 Å². The Labute approximate surface area is 144 Å². The van der Waals surface area contributed by atoms with Crippen LogP contribution in [0.1, 0.15) is 16.7 Å². The zero-order valence-electron chi connectivity index (χ0n) is 13.2. The predicted molar refractivity (Wildman–Crippen MR) is 99.1 cm³/mol. The van der Waals surface area contributed by atoms with Crippen molar-refractivity contribution < 1.29 is 4.79 Å². The second-order valence-corrected chi connectivity index (χ2v) is 5.99. The van der Waals surface area contributed by atoms with Crippen LogP contribution in [0, 0.1) is 0 Å². The van der Waals surface area contributed by atoms with Crippen molar-refractivity contribution in [3.05, 3.63) is 89.5 Å². The van der Waals surface area contributed by atoms with Crippen LogP contribution in [0.3, 0.4) is 0 Å². The second-order valence-electron chi connectivity index (χ2n) is 5.99. The van der Waals surface area contributed by atoms with Crippen molar-refractivity contribution >= 4 is 23.0 Å². The number of nitrogens with one attached hydrogen (secondary N) is 1. The van der Waals surface area contributed by atoms with Crippen LogP contribution in [0.15, 0.2) is 83.0 Å². The van der Waals surface area contributed by atoms with Crippen LogP contribution in [0.4, 0.5) is 5.69 Å². The number of benzene rings is 3. The number of para-hydroxylation sites is 1. The summed E-state index contributed by atoms with van der Waals surface area (Å²) < 4.78 is 0. The molecule has 3 aromatic rings. The molecule has 0 radical (unpaired) electrons. The average molecular weight is 323 g/mol. The molecule has 1 aliphatic carbocycles. The third-order valence-electron chi connectivity index (χ3n) is 4.55. The lowest BCUT2D eigenvalue weighted by atomic mass is 10.1. The predicted octanol–water partition coefficient (Wildman–Crippen LogP) is 3.86. The number of hydrogen-bond acceptors (Lipinski definition) is 3. The normalized spacial score (nSPS) is 15.6. The molecular formula is C21H13N3O. The van der Waals surface area contributed by atoms with Gasteiger partial charge in [-0.25, -0.2) is 0 Å². The fourth-order valence-electron chi connectivity index (χ4n) is 3.40. The topological polar surface area (TPSA) is 53.8 Å². The smallest absolute Gasteiger partial charge is 0.276 e. The molecular weight excluding hydrogens is 310 g/mol. The van der Waals surface area contributed by atoms with E-state index in [9.17, 15) is 4.79 Å². The van der Waals surface area contributed by atoms with Crippen molar-refractivity contribution in [1.29, 1.82) is 0 Å². The molecule has 0 unspecified atom stereocenters. The second kappa shape index (κ2) is 5.24. The highest BCUT2D eigenvalue weighted by molar-refractivity contribution is 6.53. The number of anilines is 1. The minimum atomic E-state index is -0.217. The SMILES string of the molecule is O=C1Nc2ccccc2/C1=N/N=C1c2ccccc2-c2ccccc21. The molecule has 4 heteroatoms. The monoisotopic (exact) mass is 323 g/mol. The Morgan fingerprint density at radius 3 is 1.68 bits per heavy atom. The highest BCUT2D eigenvalue weighted by Crippen LogP contribution is 2.36. The lowest BCUT2D eigenvalue weighted by Gasteiger charge is -1.99. The van der Waals surface area contributed by atoms with Gasteiger partial charge >= 0.3 is 0 Å². The van der Waals surface area contributed by atoms with Gasteiger partial charge in [0.15, 0.2) is 5.71 Å². The van der Waals surface area contributed by atoms with Crippen molar-refractivity contribution in [2.75, 3.05) is 5.32 Å². The number of amides is 1. The summed E-state index contributed by atoms with van der Waals surface area (Å²) in [6.45, 7) is 0. The number of carbonyl (C=O) groups excluding carboxylic acids is 1. The van der Waals surface area contributed by atoms with Gasteiger partial charge < -0.3 is 5.32 Å². The van der Waals surface area contributed by atoms with Crippen LogP contribution >= 0.6 is 0 Å². The van der Waals surface area contributed by atoms with Gasteiger partial charge in [-0.3, -0.25) is 4.79 Å². The molecule has 1 aliphatic heterocycles. The summed E-state index contributed by atoms with van der Waals surface area (Å²) in [6, 6.07) is 23.8. The third kappa shape index (κ3) is 2.04. The lowest BCUT2D eigenvalue weighted by Crippen LogP contribution is -2.14. The van der Waals surface area contributed by atoms with Gasteiger partial charge in [0.1, 0.15) is 5.71 Å². The molecule has 0 saturated heterocycles. The number of fused-ring (bicyclic) bond motifs is 4. The molecule has 0 fully saturated rings. The van der Waals surface area contributed by atoms with E-state index in [2.05, 4.69) is 27.7 Å². The minimum Gasteiger partial charge on any atom is -0.320 e. The van der Waals surface area contributed by atoms with Crippen molar-refractivity contribution in [2.45, 2.75) is 0 Å². The molecule has 0 saturated carbocycles. The Hall–Kier alpha value is -3.53. The molecule has 0 aromatic heterocycles.